The maximum Gasteiger partial charge on any atom is 0.0926 e. The molecule has 2 aromatic rings. The van der Waals surface area contributed by atoms with E-state index in [2.05, 4.69) is 17.1 Å². The minimum absolute atomic E-state index is 0.0926. The van der Waals surface area contributed by atoms with Gasteiger partial charge in [-0.15, -0.1) is 6.42 Å². The molecular weight excluding hydrogens is 196 g/mol. The lowest BCUT2D eigenvalue weighted by Crippen LogP contribution is -2.00. The van der Waals surface area contributed by atoms with Crippen molar-refractivity contribution in [1.82, 2.24) is 9.78 Å². The van der Waals surface area contributed by atoms with Crippen LogP contribution in [-0.4, -0.2) is 9.78 Å². The van der Waals surface area contributed by atoms with E-state index in [4.69, 9.17) is 6.42 Å². The number of hydrogen-bond donors (Lipinski definition) is 0. The molecule has 0 saturated heterocycles. The molecule has 0 bridgehead atoms. The molecule has 0 aliphatic rings. The second-order valence-corrected chi connectivity index (χ2v) is 3.83. The van der Waals surface area contributed by atoms with Crippen molar-refractivity contribution >= 4 is 0 Å². The zero-order chi connectivity index (χ0) is 11.5. The van der Waals surface area contributed by atoms with Crippen LogP contribution in [0.5, 0.6) is 0 Å². The van der Waals surface area contributed by atoms with Crippen molar-refractivity contribution in [3.63, 3.8) is 0 Å². The van der Waals surface area contributed by atoms with Crippen LogP contribution in [0.2, 0.25) is 0 Å². The standard InChI is InChI=1S/C14H14N2/c1-4-11(2)14-10-13(15-16(14)3)12-8-6-5-7-9-12/h1,5-11H,2-3H3. The Balaban J connectivity index is 2.43. The van der Waals surface area contributed by atoms with Gasteiger partial charge in [-0.1, -0.05) is 36.3 Å². The third kappa shape index (κ3) is 1.85. The smallest absolute Gasteiger partial charge is 0.0926 e. The van der Waals surface area contributed by atoms with Crippen LogP contribution in [0.3, 0.4) is 0 Å². The van der Waals surface area contributed by atoms with Crippen molar-refractivity contribution in [1.29, 1.82) is 0 Å². The molecule has 1 aromatic carbocycles. The van der Waals surface area contributed by atoms with Crippen molar-refractivity contribution in [2.75, 3.05) is 0 Å². The van der Waals surface area contributed by atoms with Crippen LogP contribution >= 0.6 is 0 Å². The molecule has 0 aliphatic carbocycles. The van der Waals surface area contributed by atoms with E-state index in [1.54, 1.807) is 0 Å². The molecule has 0 amide bonds. The van der Waals surface area contributed by atoms with Gasteiger partial charge in [0.1, 0.15) is 0 Å². The van der Waals surface area contributed by atoms with Gasteiger partial charge in [-0.05, 0) is 13.0 Å². The molecule has 1 unspecified atom stereocenters. The van der Waals surface area contributed by atoms with Crippen LogP contribution in [0.25, 0.3) is 11.3 Å². The molecule has 80 valence electrons. The summed E-state index contributed by atoms with van der Waals surface area (Å²) in [6.07, 6.45) is 5.43. The first-order valence-electron chi connectivity index (χ1n) is 5.28. The minimum Gasteiger partial charge on any atom is -0.271 e. The van der Waals surface area contributed by atoms with Gasteiger partial charge in [-0.2, -0.15) is 5.10 Å². The Kier molecular flexibility index (Phi) is 2.78. The summed E-state index contributed by atoms with van der Waals surface area (Å²) >= 11 is 0. The molecule has 16 heavy (non-hydrogen) atoms. The molecule has 2 rings (SSSR count). The predicted molar refractivity (Wildman–Crippen MR) is 65.9 cm³/mol. The van der Waals surface area contributed by atoms with Crippen LogP contribution in [0, 0.1) is 12.3 Å². The Morgan fingerprint density at radius 1 is 1.31 bits per heavy atom. The SMILES string of the molecule is C#CC(C)c1cc(-c2ccccc2)nn1C. The molecule has 0 aliphatic heterocycles. The lowest BCUT2D eigenvalue weighted by atomic mass is 10.1. The maximum absolute atomic E-state index is 5.43. The number of hydrogen-bond acceptors (Lipinski definition) is 1. The first-order valence-corrected chi connectivity index (χ1v) is 5.28. The minimum atomic E-state index is 0.0926. The molecule has 0 saturated carbocycles. The number of benzene rings is 1. The highest BCUT2D eigenvalue weighted by molar-refractivity contribution is 5.59. The zero-order valence-electron chi connectivity index (χ0n) is 9.51. The third-order valence-electron chi connectivity index (χ3n) is 2.68. The monoisotopic (exact) mass is 210 g/mol. The van der Waals surface area contributed by atoms with Crippen molar-refractivity contribution in [2.24, 2.45) is 7.05 Å². The van der Waals surface area contributed by atoms with Gasteiger partial charge in [-0.3, -0.25) is 4.68 Å². The third-order valence-corrected chi connectivity index (χ3v) is 2.68. The van der Waals surface area contributed by atoms with E-state index < -0.39 is 0 Å². The maximum atomic E-state index is 5.43. The largest absolute Gasteiger partial charge is 0.271 e. The first kappa shape index (κ1) is 10.5. The van der Waals surface area contributed by atoms with Crippen LogP contribution in [0.1, 0.15) is 18.5 Å². The molecule has 0 spiro atoms. The van der Waals surface area contributed by atoms with Crippen LogP contribution in [0.4, 0.5) is 0 Å². The van der Waals surface area contributed by atoms with Crippen molar-refractivity contribution in [3.05, 3.63) is 42.1 Å². The predicted octanol–water partition coefficient (Wildman–Crippen LogP) is 2.82. The topological polar surface area (TPSA) is 17.8 Å². The average Bonchev–Trinajstić information content (AvgIpc) is 2.71. The number of aryl methyl sites for hydroxylation is 1. The zero-order valence-corrected chi connectivity index (χ0v) is 9.51. The summed E-state index contributed by atoms with van der Waals surface area (Å²) in [6.45, 7) is 2.01. The van der Waals surface area contributed by atoms with Crippen molar-refractivity contribution in [2.45, 2.75) is 12.8 Å². The van der Waals surface area contributed by atoms with E-state index in [0.717, 1.165) is 17.0 Å². The number of nitrogens with zero attached hydrogens (tertiary/aromatic N) is 2. The Labute approximate surface area is 95.9 Å². The summed E-state index contributed by atoms with van der Waals surface area (Å²) in [5.74, 6) is 2.82. The van der Waals surface area contributed by atoms with E-state index >= 15 is 0 Å². The lowest BCUT2D eigenvalue weighted by molar-refractivity contribution is 0.701. The molecule has 0 radical (unpaired) electrons. The molecule has 1 heterocycles. The highest BCUT2D eigenvalue weighted by Gasteiger charge is 2.10. The van der Waals surface area contributed by atoms with Crippen LogP contribution < -0.4 is 0 Å². The summed E-state index contributed by atoms with van der Waals surface area (Å²) in [5.41, 5.74) is 3.16. The van der Waals surface area contributed by atoms with Gasteiger partial charge >= 0.3 is 0 Å². The quantitative estimate of drug-likeness (QED) is 0.697. The fourth-order valence-electron chi connectivity index (χ4n) is 1.72. The van der Waals surface area contributed by atoms with Crippen molar-refractivity contribution < 1.29 is 0 Å². The van der Waals surface area contributed by atoms with Crippen LogP contribution in [-0.2, 0) is 7.05 Å². The fraction of sp³-hybridized carbons (Fsp3) is 0.214. The summed E-state index contributed by atoms with van der Waals surface area (Å²) < 4.78 is 1.85. The Morgan fingerprint density at radius 2 is 2.00 bits per heavy atom. The molecule has 2 nitrogen and oxygen atoms in total. The van der Waals surface area contributed by atoms with Crippen molar-refractivity contribution in [3.8, 4) is 23.6 Å². The highest BCUT2D eigenvalue weighted by atomic mass is 15.3. The molecule has 1 aromatic heterocycles. The summed E-state index contributed by atoms with van der Waals surface area (Å²) in [7, 11) is 1.93. The second-order valence-electron chi connectivity index (χ2n) is 3.83. The first-order chi connectivity index (χ1) is 7.72. The highest BCUT2D eigenvalue weighted by Crippen LogP contribution is 2.22. The van der Waals surface area contributed by atoms with Gasteiger partial charge in [0.25, 0.3) is 0 Å². The summed E-state index contributed by atoms with van der Waals surface area (Å²) in [6, 6.07) is 12.2. The Bertz CT molecular complexity index is 517. The summed E-state index contributed by atoms with van der Waals surface area (Å²) in [5, 5.41) is 4.47. The normalized spacial score (nSPS) is 12.1. The Hall–Kier alpha value is -2.01. The van der Waals surface area contributed by atoms with Gasteiger partial charge < -0.3 is 0 Å². The molecule has 0 N–H and O–H groups in total. The number of aromatic nitrogens is 2. The molecule has 2 heteroatoms. The lowest BCUT2D eigenvalue weighted by Gasteiger charge is -2.02. The van der Waals surface area contributed by atoms with E-state index in [1.165, 1.54) is 0 Å². The average molecular weight is 210 g/mol. The second kappa shape index (κ2) is 4.24. The van der Waals surface area contributed by atoms with Crippen LogP contribution in [0.15, 0.2) is 36.4 Å². The van der Waals surface area contributed by atoms with E-state index in [0.29, 0.717) is 0 Å². The Morgan fingerprint density at radius 3 is 2.62 bits per heavy atom. The van der Waals surface area contributed by atoms with E-state index in [9.17, 15) is 0 Å². The van der Waals surface area contributed by atoms with E-state index in [-0.39, 0.29) is 5.92 Å². The summed E-state index contributed by atoms with van der Waals surface area (Å²) in [4.78, 5) is 0. The number of terminal acetylenes is 1. The van der Waals surface area contributed by atoms with E-state index in [1.807, 2.05) is 49.0 Å². The molecule has 0 fully saturated rings. The van der Waals surface area contributed by atoms with Gasteiger partial charge in [0.2, 0.25) is 0 Å². The van der Waals surface area contributed by atoms with Gasteiger partial charge in [-0.25, -0.2) is 0 Å². The fourth-order valence-corrected chi connectivity index (χ4v) is 1.72. The molecule has 1 atom stereocenters. The molecular formula is C14H14N2. The van der Waals surface area contributed by atoms with Gasteiger partial charge in [0.15, 0.2) is 0 Å². The van der Waals surface area contributed by atoms with Gasteiger partial charge in [0.05, 0.1) is 17.3 Å². The van der Waals surface area contributed by atoms with Gasteiger partial charge in [0, 0.05) is 12.6 Å². The number of rotatable bonds is 2.